The number of amides is 2. The van der Waals surface area contributed by atoms with Crippen molar-refractivity contribution in [2.24, 2.45) is 5.10 Å². The number of nitrogens with zero attached hydrogens (tertiary/aromatic N) is 1. The number of hydrazone groups is 1. The summed E-state index contributed by atoms with van der Waals surface area (Å²) in [4.78, 5) is 25.6. The second kappa shape index (κ2) is 14.4. The number of carbonyl (C=O) groups is 2. The van der Waals surface area contributed by atoms with Gasteiger partial charge in [-0.1, -0.05) is 76.6 Å². The Hall–Kier alpha value is -3.95. The van der Waals surface area contributed by atoms with Crippen molar-refractivity contribution in [1.82, 2.24) is 10.7 Å². The highest BCUT2D eigenvalue weighted by atomic mass is 79.9. The van der Waals surface area contributed by atoms with Crippen molar-refractivity contribution in [1.29, 1.82) is 0 Å². The zero-order chi connectivity index (χ0) is 28.3. The van der Waals surface area contributed by atoms with Gasteiger partial charge in [0.1, 0.15) is 6.61 Å². The molecule has 204 valence electrons. The maximum Gasteiger partial charge on any atom is 0.251 e. The molecule has 0 aromatic heterocycles. The Labute approximate surface area is 249 Å². The van der Waals surface area contributed by atoms with Crippen LogP contribution in [-0.4, -0.2) is 25.1 Å². The topological polar surface area (TPSA) is 89.0 Å². The third kappa shape index (κ3) is 8.27. The first kappa shape index (κ1) is 29.0. The van der Waals surface area contributed by atoms with Crippen molar-refractivity contribution in [3.63, 3.8) is 0 Å². The molecule has 4 aromatic rings. The molecule has 9 heteroatoms. The monoisotopic (exact) mass is 663 g/mol. The first-order valence-electron chi connectivity index (χ1n) is 12.4. The smallest absolute Gasteiger partial charge is 0.251 e. The van der Waals surface area contributed by atoms with Gasteiger partial charge in [0.2, 0.25) is 5.91 Å². The molecular weight excluding hydrogens is 638 g/mol. The summed E-state index contributed by atoms with van der Waals surface area (Å²) in [5, 5.41) is 7.07. The Morgan fingerprint density at radius 2 is 1.60 bits per heavy atom. The van der Waals surface area contributed by atoms with E-state index in [1.807, 2.05) is 66.7 Å². The number of nitrogens with one attached hydrogen (secondary N) is 2. The van der Waals surface area contributed by atoms with E-state index in [1.165, 1.54) is 6.21 Å². The number of hydrogen-bond acceptors (Lipinski definition) is 5. The molecule has 2 amide bonds. The molecule has 0 unspecified atom stereocenters. The number of ether oxygens (including phenoxy) is 2. The Morgan fingerprint density at radius 3 is 2.27 bits per heavy atom. The van der Waals surface area contributed by atoms with E-state index in [0.29, 0.717) is 33.7 Å². The van der Waals surface area contributed by atoms with Gasteiger partial charge in [-0.3, -0.25) is 9.59 Å². The lowest BCUT2D eigenvalue weighted by atomic mass is 10.0. The fraction of sp³-hybridized carbons (Fsp3) is 0.129. The van der Waals surface area contributed by atoms with Gasteiger partial charge >= 0.3 is 0 Å². The highest BCUT2D eigenvalue weighted by Crippen LogP contribution is 2.37. The first-order valence-corrected chi connectivity index (χ1v) is 14.0. The molecule has 0 radical (unpaired) electrons. The summed E-state index contributed by atoms with van der Waals surface area (Å²) in [7, 11) is 1.56. The second-order valence-electron chi connectivity index (χ2n) is 8.75. The standard InChI is InChI=1S/C31H27Br2N3O4/c1-39-28-17-22(16-26(33)30(28)40-20-21-12-14-25(32)15-13-21)19-34-36-29(37)18-27(23-8-4-2-5-9-23)35-31(38)24-10-6-3-7-11-24/h2-17,19,27H,18,20H2,1H3,(H,35,38)(H,36,37)/b34-19-/t27-/m1/s1. The molecule has 0 saturated carbocycles. The predicted molar refractivity (Wildman–Crippen MR) is 163 cm³/mol. The van der Waals surface area contributed by atoms with Crippen molar-refractivity contribution < 1.29 is 19.1 Å². The average Bonchev–Trinajstić information content (AvgIpc) is 2.97. The summed E-state index contributed by atoms with van der Waals surface area (Å²) in [6.45, 7) is 0.370. The summed E-state index contributed by atoms with van der Waals surface area (Å²) in [5.74, 6) is 0.475. The van der Waals surface area contributed by atoms with Crippen molar-refractivity contribution in [2.45, 2.75) is 19.1 Å². The molecule has 0 heterocycles. The van der Waals surface area contributed by atoms with Gasteiger partial charge in [0.05, 0.1) is 30.3 Å². The van der Waals surface area contributed by atoms with E-state index in [0.717, 1.165) is 15.6 Å². The van der Waals surface area contributed by atoms with Crippen LogP contribution < -0.4 is 20.2 Å². The van der Waals surface area contributed by atoms with Crippen LogP contribution in [0.1, 0.15) is 39.5 Å². The second-order valence-corrected chi connectivity index (χ2v) is 10.5. The molecule has 0 aliphatic heterocycles. The van der Waals surface area contributed by atoms with Gasteiger partial charge in [-0.05, 0) is 69.0 Å². The summed E-state index contributed by atoms with van der Waals surface area (Å²) in [6.07, 6.45) is 1.53. The molecule has 0 fully saturated rings. The van der Waals surface area contributed by atoms with Gasteiger partial charge in [-0.25, -0.2) is 5.43 Å². The van der Waals surface area contributed by atoms with E-state index in [4.69, 9.17) is 9.47 Å². The predicted octanol–water partition coefficient (Wildman–Crippen LogP) is 6.81. The van der Waals surface area contributed by atoms with Crippen LogP contribution in [0.4, 0.5) is 0 Å². The van der Waals surface area contributed by atoms with E-state index in [-0.39, 0.29) is 18.2 Å². The van der Waals surface area contributed by atoms with E-state index >= 15 is 0 Å². The van der Waals surface area contributed by atoms with Crippen LogP contribution in [0, 0.1) is 0 Å². The van der Waals surface area contributed by atoms with Crippen LogP contribution >= 0.6 is 31.9 Å². The van der Waals surface area contributed by atoms with E-state index < -0.39 is 6.04 Å². The fourth-order valence-corrected chi connectivity index (χ4v) is 4.71. The fourth-order valence-electron chi connectivity index (χ4n) is 3.87. The molecule has 0 aliphatic rings. The molecule has 0 spiro atoms. The van der Waals surface area contributed by atoms with Gasteiger partial charge in [-0.15, -0.1) is 0 Å². The quantitative estimate of drug-likeness (QED) is 0.136. The minimum absolute atomic E-state index is 0.00970. The zero-order valence-corrected chi connectivity index (χ0v) is 24.8. The Balaban J connectivity index is 1.40. The van der Waals surface area contributed by atoms with Crippen LogP contribution in [0.25, 0.3) is 0 Å². The lowest BCUT2D eigenvalue weighted by Crippen LogP contribution is -2.32. The van der Waals surface area contributed by atoms with E-state index in [1.54, 1.807) is 37.4 Å². The number of carbonyl (C=O) groups excluding carboxylic acids is 2. The third-order valence-corrected chi connectivity index (χ3v) is 7.00. The highest BCUT2D eigenvalue weighted by molar-refractivity contribution is 9.10. The Morgan fingerprint density at radius 1 is 0.925 bits per heavy atom. The Kier molecular flexibility index (Phi) is 10.5. The summed E-state index contributed by atoms with van der Waals surface area (Å²) >= 11 is 6.97. The number of halogens is 2. The molecule has 0 aliphatic carbocycles. The molecule has 2 N–H and O–H groups in total. The normalized spacial score (nSPS) is 11.6. The number of benzene rings is 4. The number of methoxy groups -OCH3 is 1. The maximum atomic E-state index is 12.8. The molecule has 4 rings (SSSR count). The van der Waals surface area contributed by atoms with E-state index in [9.17, 15) is 9.59 Å². The zero-order valence-electron chi connectivity index (χ0n) is 21.6. The van der Waals surface area contributed by atoms with Crippen molar-refractivity contribution in [3.05, 3.63) is 128 Å². The SMILES string of the molecule is COc1cc(/C=N\NC(=O)C[C@@H](NC(=O)c2ccccc2)c2ccccc2)cc(Br)c1OCc1ccc(Br)cc1. The largest absolute Gasteiger partial charge is 0.493 e. The van der Waals surface area contributed by atoms with Crippen LogP contribution in [0.5, 0.6) is 11.5 Å². The lowest BCUT2D eigenvalue weighted by molar-refractivity contribution is -0.121. The third-order valence-electron chi connectivity index (χ3n) is 5.88. The van der Waals surface area contributed by atoms with E-state index in [2.05, 4.69) is 47.7 Å². The van der Waals surface area contributed by atoms with Crippen LogP contribution in [-0.2, 0) is 11.4 Å². The van der Waals surface area contributed by atoms with Crippen molar-refractivity contribution in [2.75, 3.05) is 7.11 Å². The molecule has 0 bridgehead atoms. The molecule has 40 heavy (non-hydrogen) atoms. The summed E-state index contributed by atoms with van der Waals surface area (Å²) in [5.41, 5.74) is 5.60. The molecular formula is C31H27Br2N3O4. The molecule has 0 saturated heterocycles. The molecule has 1 atom stereocenters. The van der Waals surface area contributed by atoms with Crippen molar-refractivity contribution >= 4 is 49.9 Å². The summed E-state index contributed by atoms with van der Waals surface area (Å²) in [6, 6.07) is 29.2. The van der Waals surface area contributed by atoms with Gasteiger partial charge in [0.15, 0.2) is 11.5 Å². The van der Waals surface area contributed by atoms with Gasteiger partial charge < -0.3 is 14.8 Å². The van der Waals surface area contributed by atoms with Crippen LogP contribution in [0.15, 0.2) is 111 Å². The molecule has 7 nitrogen and oxygen atoms in total. The van der Waals surface area contributed by atoms with Crippen molar-refractivity contribution in [3.8, 4) is 11.5 Å². The Bertz CT molecular complexity index is 1460. The lowest BCUT2D eigenvalue weighted by Gasteiger charge is -2.18. The summed E-state index contributed by atoms with van der Waals surface area (Å²) < 4.78 is 13.2. The minimum Gasteiger partial charge on any atom is -0.493 e. The van der Waals surface area contributed by atoms with Crippen LogP contribution in [0.3, 0.4) is 0 Å². The highest BCUT2D eigenvalue weighted by Gasteiger charge is 2.19. The number of hydrogen-bond donors (Lipinski definition) is 2. The van der Waals surface area contributed by atoms with Crippen LogP contribution in [0.2, 0.25) is 0 Å². The van der Waals surface area contributed by atoms with Gasteiger partial charge in [0, 0.05) is 10.0 Å². The maximum absolute atomic E-state index is 12.8. The first-order chi connectivity index (χ1) is 19.4. The average molecular weight is 665 g/mol. The van der Waals surface area contributed by atoms with Gasteiger partial charge in [0.25, 0.3) is 5.91 Å². The minimum atomic E-state index is -0.527. The number of rotatable bonds is 11. The molecule has 4 aromatic carbocycles. The van der Waals surface area contributed by atoms with Gasteiger partial charge in [-0.2, -0.15) is 5.10 Å².